The summed E-state index contributed by atoms with van der Waals surface area (Å²) in [5.41, 5.74) is 7.20. The average Bonchev–Trinajstić information content (AvgIpc) is 2.54. The molecule has 5 nitrogen and oxygen atoms in total. The summed E-state index contributed by atoms with van der Waals surface area (Å²) in [6, 6.07) is 8.06. The molecule has 0 spiro atoms. The first kappa shape index (κ1) is 16.6. The third kappa shape index (κ3) is 5.22. The maximum Gasteiger partial charge on any atom is 0.191 e. The molecule has 1 aliphatic rings. The summed E-state index contributed by atoms with van der Waals surface area (Å²) in [5, 5.41) is 0. The minimum Gasteiger partial charge on any atom is -0.492 e. The van der Waals surface area contributed by atoms with Gasteiger partial charge in [-0.15, -0.1) is 0 Å². The first-order chi connectivity index (χ1) is 10.7. The highest BCUT2D eigenvalue weighted by molar-refractivity contribution is 5.78. The lowest BCUT2D eigenvalue weighted by molar-refractivity contribution is 0.259. The number of hydrogen-bond donors (Lipinski definition) is 1. The van der Waals surface area contributed by atoms with Crippen LogP contribution in [0.15, 0.2) is 29.3 Å². The standard InChI is InChI=1S/C17H28N4O/c1-20(2)12-13-22-16-9-5-4-8-15(16)14-19-17(18)21-10-6-3-7-11-21/h4-5,8-9H,3,6-7,10-14H2,1-2H3,(H2,18,19). The summed E-state index contributed by atoms with van der Waals surface area (Å²) in [6.07, 6.45) is 3.72. The van der Waals surface area contributed by atoms with Gasteiger partial charge in [-0.3, -0.25) is 0 Å². The lowest BCUT2D eigenvalue weighted by Crippen LogP contribution is -2.40. The van der Waals surface area contributed by atoms with E-state index in [1.54, 1.807) is 0 Å². The van der Waals surface area contributed by atoms with Gasteiger partial charge in [-0.1, -0.05) is 18.2 Å². The van der Waals surface area contributed by atoms with Crippen LogP contribution in [0, 0.1) is 0 Å². The highest BCUT2D eigenvalue weighted by Gasteiger charge is 2.12. The number of nitrogens with zero attached hydrogens (tertiary/aromatic N) is 3. The number of likely N-dealkylation sites (N-methyl/N-ethyl adjacent to an activating group) is 1. The molecule has 0 atom stereocenters. The van der Waals surface area contributed by atoms with Crippen LogP contribution in [-0.2, 0) is 6.54 Å². The summed E-state index contributed by atoms with van der Waals surface area (Å²) in [5.74, 6) is 1.56. The summed E-state index contributed by atoms with van der Waals surface area (Å²) >= 11 is 0. The van der Waals surface area contributed by atoms with Gasteiger partial charge in [-0.25, -0.2) is 4.99 Å². The molecule has 0 radical (unpaired) electrons. The Morgan fingerprint density at radius 3 is 2.68 bits per heavy atom. The van der Waals surface area contributed by atoms with Crippen LogP contribution >= 0.6 is 0 Å². The molecule has 1 fully saturated rings. The molecule has 0 aliphatic carbocycles. The molecule has 1 saturated heterocycles. The normalized spacial score (nSPS) is 16.1. The van der Waals surface area contributed by atoms with Gasteiger partial charge in [0, 0.05) is 25.2 Å². The molecule has 0 amide bonds. The Morgan fingerprint density at radius 1 is 1.23 bits per heavy atom. The zero-order valence-electron chi connectivity index (χ0n) is 13.8. The van der Waals surface area contributed by atoms with Crippen molar-refractivity contribution in [1.29, 1.82) is 0 Å². The molecule has 2 rings (SSSR count). The Morgan fingerprint density at radius 2 is 1.95 bits per heavy atom. The Bertz CT molecular complexity index is 481. The molecule has 0 aromatic heterocycles. The minimum absolute atomic E-state index is 0.570. The number of piperidine rings is 1. The first-order valence-electron chi connectivity index (χ1n) is 8.07. The van der Waals surface area contributed by atoms with Crippen LogP contribution in [0.4, 0.5) is 0 Å². The Balaban J connectivity index is 1.93. The highest BCUT2D eigenvalue weighted by atomic mass is 16.5. The van der Waals surface area contributed by atoms with Crippen molar-refractivity contribution < 1.29 is 4.74 Å². The molecule has 0 bridgehead atoms. The molecule has 5 heteroatoms. The van der Waals surface area contributed by atoms with Crippen LogP contribution in [0.25, 0.3) is 0 Å². The molecule has 0 unspecified atom stereocenters. The number of para-hydroxylation sites is 1. The van der Waals surface area contributed by atoms with E-state index in [4.69, 9.17) is 10.5 Å². The predicted molar refractivity (Wildman–Crippen MR) is 91.2 cm³/mol. The number of benzene rings is 1. The number of hydrogen-bond acceptors (Lipinski definition) is 3. The van der Waals surface area contributed by atoms with Gasteiger partial charge in [-0.05, 0) is 39.4 Å². The van der Waals surface area contributed by atoms with Gasteiger partial charge in [0.15, 0.2) is 5.96 Å². The van der Waals surface area contributed by atoms with Gasteiger partial charge in [0.05, 0.1) is 6.54 Å². The Labute approximate surface area is 133 Å². The Hall–Kier alpha value is -1.75. The van der Waals surface area contributed by atoms with Gasteiger partial charge in [0.25, 0.3) is 0 Å². The Kier molecular flexibility index (Phi) is 6.52. The maximum absolute atomic E-state index is 6.11. The lowest BCUT2D eigenvalue weighted by atomic mass is 10.1. The molecule has 122 valence electrons. The van der Waals surface area contributed by atoms with Crippen molar-refractivity contribution >= 4 is 5.96 Å². The van der Waals surface area contributed by atoms with E-state index in [1.807, 2.05) is 32.3 Å². The van der Waals surface area contributed by atoms with Crippen LogP contribution in [-0.4, -0.2) is 56.1 Å². The minimum atomic E-state index is 0.570. The van der Waals surface area contributed by atoms with Crippen molar-refractivity contribution in [3.8, 4) is 5.75 Å². The second-order valence-electron chi connectivity index (χ2n) is 5.98. The molecular weight excluding hydrogens is 276 g/mol. The molecule has 1 aromatic carbocycles. The van der Waals surface area contributed by atoms with Gasteiger partial charge >= 0.3 is 0 Å². The summed E-state index contributed by atoms with van der Waals surface area (Å²) < 4.78 is 5.86. The predicted octanol–water partition coefficient (Wildman–Crippen LogP) is 1.93. The number of aliphatic imine (C=N–C) groups is 1. The third-order valence-corrected chi connectivity index (χ3v) is 3.86. The van der Waals surface area contributed by atoms with Gasteiger partial charge in [0.1, 0.15) is 12.4 Å². The molecule has 1 aliphatic heterocycles. The molecule has 22 heavy (non-hydrogen) atoms. The van der Waals surface area contributed by atoms with Crippen LogP contribution in [0.2, 0.25) is 0 Å². The van der Waals surface area contributed by atoms with Crippen LogP contribution in [0.3, 0.4) is 0 Å². The van der Waals surface area contributed by atoms with Gasteiger partial charge < -0.3 is 20.3 Å². The number of rotatable bonds is 6. The number of guanidine groups is 1. The fraction of sp³-hybridized carbons (Fsp3) is 0.588. The molecule has 1 aromatic rings. The molecule has 2 N–H and O–H groups in total. The zero-order valence-corrected chi connectivity index (χ0v) is 13.8. The van der Waals surface area contributed by atoms with Crippen LogP contribution in [0.1, 0.15) is 24.8 Å². The number of likely N-dealkylation sites (tertiary alicyclic amines) is 1. The van der Waals surface area contributed by atoms with E-state index in [9.17, 15) is 0 Å². The second kappa shape index (κ2) is 8.63. The number of ether oxygens (including phenoxy) is 1. The topological polar surface area (TPSA) is 54.1 Å². The largest absolute Gasteiger partial charge is 0.492 e. The van der Waals surface area contributed by atoms with Crippen molar-refractivity contribution in [3.05, 3.63) is 29.8 Å². The first-order valence-corrected chi connectivity index (χ1v) is 8.07. The van der Waals surface area contributed by atoms with E-state index < -0.39 is 0 Å². The molecule has 1 heterocycles. The fourth-order valence-corrected chi connectivity index (χ4v) is 2.50. The van der Waals surface area contributed by atoms with E-state index >= 15 is 0 Å². The molecular formula is C17H28N4O. The zero-order chi connectivity index (χ0) is 15.8. The number of nitrogens with two attached hydrogens (primary N) is 1. The van der Waals surface area contributed by atoms with Crippen LogP contribution in [0.5, 0.6) is 5.75 Å². The van der Waals surface area contributed by atoms with E-state index in [2.05, 4.69) is 20.9 Å². The highest BCUT2D eigenvalue weighted by Crippen LogP contribution is 2.19. The third-order valence-electron chi connectivity index (χ3n) is 3.86. The lowest BCUT2D eigenvalue weighted by Gasteiger charge is -2.27. The maximum atomic E-state index is 6.11. The van der Waals surface area contributed by atoms with Crippen molar-refractivity contribution in [2.75, 3.05) is 40.3 Å². The SMILES string of the molecule is CN(C)CCOc1ccccc1CN=C(N)N1CCCCC1. The second-order valence-corrected chi connectivity index (χ2v) is 5.98. The summed E-state index contributed by atoms with van der Waals surface area (Å²) in [4.78, 5) is 8.84. The van der Waals surface area contributed by atoms with Crippen molar-refractivity contribution in [1.82, 2.24) is 9.80 Å². The average molecular weight is 304 g/mol. The van der Waals surface area contributed by atoms with Crippen molar-refractivity contribution in [3.63, 3.8) is 0 Å². The summed E-state index contributed by atoms with van der Waals surface area (Å²) in [6.45, 7) is 4.19. The van der Waals surface area contributed by atoms with Crippen molar-refractivity contribution in [2.24, 2.45) is 10.7 Å². The smallest absolute Gasteiger partial charge is 0.191 e. The molecule has 0 saturated carbocycles. The van der Waals surface area contributed by atoms with Gasteiger partial charge in [0.2, 0.25) is 0 Å². The van der Waals surface area contributed by atoms with E-state index in [1.165, 1.54) is 19.3 Å². The quantitative estimate of drug-likeness (QED) is 0.644. The fourth-order valence-electron chi connectivity index (χ4n) is 2.50. The van der Waals surface area contributed by atoms with Crippen LogP contribution < -0.4 is 10.5 Å². The van der Waals surface area contributed by atoms with E-state index in [0.29, 0.717) is 19.1 Å². The van der Waals surface area contributed by atoms with E-state index in [0.717, 1.165) is 30.9 Å². The summed E-state index contributed by atoms with van der Waals surface area (Å²) in [7, 11) is 4.08. The van der Waals surface area contributed by atoms with E-state index in [-0.39, 0.29) is 0 Å². The monoisotopic (exact) mass is 304 g/mol. The van der Waals surface area contributed by atoms with Crippen molar-refractivity contribution in [2.45, 2.75) is 25.8 Å². The van der Waals surface area contributed by atoms with Gasteiger partial charge in [-0.2, -0.15) is 0 Å².